The van der Waals surface area contributed by atoms with E-state index in [4.69, 9.17) is 9.97 Å². The van der Waals surface area contributed by atoms with Crippen molar-refractivity contribution in [1.29, 1.82) is 0 Å². The summed E-state index contributed by atoms with van der Waals surface area (Å²) in [6.07, 6.45) is 3.85. The summed E-state index contributed by atoms with van der Waals surface area (Å²) in [6.45, 7) is 0.0599. The summed E-state index contributed by atoms with van der Waals surface area (Å²) < 4.78 is 4.25. The van der Waals surface area contributed by atoms with Crippen LogP contribution in [0.4, 0.5) is 0 Å². The molecule has 2 aromatic carbocycles. The van der Waals surface area contributed by atoms with Gasteiger partial charge in [-0.05, 0) is 36.1 Å². The van der Waals surface area contributed by atoms with Crippen LogP contribution in [0.2, 0.25) is 0 Å². The predicted molar refractivity (Wildman–Crippen MR) is 134 cm³/mol. The van der Waals surface area contributed by atoms with Crippen molar-refractivity contribution in [2.75, 3.05) is 13.2 Å². The first-order chi connectivity index (χ1) is 16.6. The van der Waals surface area contributed by atoms with Gasteiger partial charge in [-0.25, -0.2) is 9.97 Å². The molecule has 176 valence electrons. The van der Waals surface area contributed by atoms with Crippen LogP contribution in [0.25, 0.3) is 0 Å². The molecule has 2 heterocycles. The topological polar surface area (TPSA) is 76.1 Å². The number of benzene rings is 2. The Bertz CT molecular complexity index is 1140. The first-order valence-corrected chi connectivity index (χ1v) is 13.0. The van der Waals surface area contributed by atoms with Gasteiger partial charge in [0.25, 0.3) is 0 Å². The smallest absolute Gasteiger partial charge is 0.172 e. The van der Waals surface area contributed by atoms with Gasteiger partial charge in [-0.15, -0.1) is 0 Å². The molecule has 1 aliphatic rings. The van der Waals surface area contributed by atoms with Crippen molar-refractivity contribution in [3.05, 3.63) is 84.4 Å². The minimum Gasteiger partial charge on any atom is -0.396 e. The van der Waals surface area contributed by atoms with Crippen molar-refractivity contribution in [2.24, 2.45) is 25.9 Å². The van der Waals surface area contributed by atoms with Crippen molar-refractivity contribution in [2.45, 2.75) is 31.9 Å². The third-order valence-electron chi connectivity index (χ3n) is 6.83. The van der Waals surface area contributed by atoms with Crippen molar-refractivity contribution < 1.29 is 10.2 Å². The summed E-state index contributed by atoms with van der Waals surface area (Å²) in [4.78, 5) is 11.7. The van der Waals surface area contributed by atoms with Gasteiger partial charge in [-0.1, -0.05) is 59.9 Å². The fourth-order valence-corrected chi connectivity index (χ4v) is 6.73. The molecule has 0 bridgehead atoms. The van der Waals surface area contributed by atoms with Crippen LogP contribution in [0.5, 0.6) is 0 Å². The number of aromatic nitrogens is 4. The lowest BCUT2D eigenvalue weighted by molar-refractivity contribution is -0.00860. The van der Waals surface area contributed by atoms with Gasteiger partial charge in [-0.2, -0.15) is 0 Å². The molecule has 0 saturated heterocycles. The molecule has 2 aromatic heterocycles. The lowest BCUT2D eigenvalue weighted by Crippen LogP contribution is -2.48. The quantitative estimate of drug-likeness (QED) is 0.376. The summed E-state index contributed by atoms with van der Waals surface area (Å²) in [5.41, 5.74) is 2.15. The van der Waals surface area contributed by atoms with E-state index in [9.17, 15) is 10.2 Å². The Balaban J connectivity index is 1.46. The van der Waals surface area contributed by atoms with Crippen LogP contribution in [-0.2, 0) is 14.1 Å². The van der Waals surface area contributed by atoms with Gasteiger partial charge >= 0.3 is 0 Å². The Labute approximate surface area is 208 Å². The van der Waals surface area contributed by atoms with E-state index in [1.165, 1.54) is 0 Å². The fraction of sp³-hybridized carbons (Fsp3) is 0.308. The second-order valence-corrected chi connectivity index (χ2v) is 10.7. The second kappa shape index (κ2) is 10.00. The van der Waals surface area contributed by atoms with Crippen LogP contribution in [0, 0.1) is 11.8 Å². The standard InChI is InChI=1S/C26H28N4O2S2/c1-29-21(13-27-25(29)33-17-9-5-3-6-10-17)23-19(15-31)20(16-32)24(23)22-14-28-26(30(22)2)34-18-11-7-4-8-12-18/h3-14,19-20,23-24,31-32H,15-16H2,1-2H3/t19-,20-,23-,24+/m0/s1. The Hall–Kier alpha value is -2.52. The number of hydrogen-bond donors (Lipinski definition) is 2. The molecule has 0 amide bonds. The molecule has 0 spiro atoms. The van der Waals surface area contributed by atoms with E-state index in [-0.39, 0.29) is 36.9 Å². The molecule has 5 rings (SSSR count). The molecule has 1 saturated carbocycles. The Morgan fingerprint density at radius 2 is 1.06 bits per heavy atom. The zero-order valence-corrected chi connectivity index (χ0v) is 20.8. The van der Waals surface area contributed by atoms with E-state index in [0.717, 1.165) is 31.5 Å². The lowest BCUT2D eigenvalue weighted by atomic mass is 9.55. The third-order valence-corrected chi connectivity index (χ3v) is 8.97. The summed E-state index contributed by atoms with van der Waals surface area (Å²) in [5, 5.41) is 22.3. The van der Waals surface area contributed by atoms with Gasteiger partial charge < -0.3 is 19.3 Å². The average molecular weight is 493 g/mol. The highest BCUT2D eigenvalue weighted by Gasteiger charge is 2.53. The Morgan fingerprint density at radius 1 is 0.676 bits per heavy atom. The van der Waals surface area contributed by atoms with Gasteiger partial charge in [0.15, 0.2) is 10.3 Å². The highest BCUT2D eigenvalue weighted by atomic mass is 32.2. The summed E-state index contributed by atoms with van der Waals surface area (Å²) in [7, 11) is 4.07. The van der Waals surface area contributed by atoms with E-state index >= 15 is 0 Å². The Kier molecular flexibility index (Phi) is 6.83. The fourth-order valence-electron chi connectivity index (χ4n) is 5.03. The molecule has 4 atom stereocenters. The molecule has 4 aromatic rings. The minimum absolute atomic E-state index is 0.0277. The number of imidazole rings is 2. The number of aliphatic hydroxyl groups excluding tert-OH is 2. The molecule has 1 aliphatic carbocycles. The summed E-state index contributed by atoms with van der Waals surface area (Å²) in [6, 6.07) is 20.4. The monoisotopic (exact) mass is 492 g/mol. The molecule has 0 unspecified atom stereocenters. The zero-order chi connectivity index (χ0) is 23.7. The van der Waals surface area contributed by atoms with E-state index in [1.807, 2.05) is 62.9 Å². The predicted octanol–water partition coefficient (Wildman–Crippen LogP) is 4.55. The van der Waals surface area contributed by atoms with Gasteiger partial charge in [0.2, 0.25) is 0 Å². The highest BCUT2D eigenvalue weighted by molar-refractivity contribution is 7.99. The summed E-state index contributed by atoms with van der Waals surface area (Å²) in [5.74, 6) is 0.0460. The Morgan fingerprint density at radius 3 is 1.41 bits per heavy atom. The first kappa shape index (κ1) is 23.2. The van der Waals surface area contributed by atoms with E-state index in [0.29, 0.717) is 0 Å². The first-order valence-electron chi connectivity index (χ1n) is 11.3. The molecule has 0 aliphatic heterocycles. The van der Waals surface area contributed by atoms with Gasteiger partial charge in [0, 0.05) is 72.7 Å². The second-order valence-electron chi connectivity index (χ2n) is 8.62. The van der Waals surface area contributed by atoms with Crippen LogP contribution >= 0.6 is 23.5 Å². The van der Waals surface area contributed by atoms with Crippen molar-refractivity contribution in [3.63, 3.8) is 0 Å². The number of nitrogens with zero attached hydrogens (tertiary/aromatic N) is 4. The van der Waals surface area contributed by atoms with Gasteiger partial charge in [0.1, 0.15) is 0 Å². The highest BCUT2D eigenvalue weighted by Crippen LogP contribution is 2.57. The number of aliphatic hydroxyl groups is 2. The largest absolute Gasteiger partial charge is 0.396 e. The minimum atomic E-state index is -0.0277. The van der Waals surface area contributed by atoms with E-state index < -0.39 is 0 Å². The maximum atomic E-state index is 10.2. The average Bonchev–Trinajstić information content (AvgIpc) is 3.38. The molecular weight excluding hydrogens is 464 g/mol. The van der Waals surface area contributed by atoms with Crippen LogP contribution in [-0.4, -0.2) is 42.5 Å². The molecule has 8 heteroatoms. The number of hydrogen-bond acceptors (Lipinski definition) is 6. The molecular formula is C26H28N4O2S2. The van der Waals surface area contributed by atoms with Crippen molar-refractivity contribution in [3.8, 4) is 0 Å². The van der Waals surface area contributed by atoms with E-state index in [1.54, 1.807) is 23.5 Å². The molecule has 2 N–H and O–H groups in total. The molecule has 1 fully saturated rings. The van der Waals surface area contributed by atoms with Crippen molar-refractivity contribution in [1.82, 2.24) is 19.1 Å². The maximum absolute atomic E-state index is 10.2. The van der Waals surface area contributed by atoms with Crippen LogP contribution in [0.15, 0.2) is 93.2 Å². The SMILES string of the molecule is Cn1c([C@@H]2[C@@H](CO)[C@H](CO)[C@@H]2c2cnc(Sc3ccccc3)n2C)cnc1Sc1ccccc1. The van der Waals surface area contributed by atoms with Crippen LogP contribution < -0.4 is 0 Å². The van der Waals surface area contributed by atoms with Crippen LogP contribution in [0.1, 0.15) is 23.2 Å². The third kappa shape index (κ3) is 4.20. The zero-order valence-electron chi connectivity index (χ0n) is 19.2. The molecule has 6 nitrogen and oxygen atoms in total. The molecule has 0 radical (unpaired) electrons. The normalized spacial score (nSPS) is 22.0. The number of rotatable bonds is 8. The maximum Gasteiger partial charge on any atom is 0.172 e. The van der Waals surface area contributed by atoms with Crippen LogP contribution in [0.3, 0.4) is 0 Å². The van der Waals surface area contributed by atoms with Gasteiger partial charge in [0.05, 0.1) is 0 Å². The molecule has 34 heavy (non-hydrogen) atoms. The lowest BCUT2D eigenvalue weighted by Gasteiger charge is -2.51. The summed E-state index contributed by atoms with van der Waals surface area (Å²) >= 11 is 3.25. The van der Waals surface area contributed by atoms with E-state index in [2.05, 4.69) is 33.4 Å². The van der Waals surface area contributed by atoms with Crippen molar-refractivity contribution >= 4 is 23.5 Å². The van der Waals surface area contributed by atoms with Gasteiger partial charge in [-0.3, -0.25) is 0 Å².